The minimum atomic E-state index is -0.147. The van der Waals surface area contributed by atoms with Gasteiger partial charge in [0.2, 0.25) is 4.96 Å². The van der Waals surface area contributed by atoms with E-state index in [0.717, 1.165) is 32.3 Å². The van der Waals surface area contributed by atoms with Crippen LogP contribution in [0.15, 0.2) is 28.6 Å². The largest absolute Gasteiger partial charge is 0.321 e. The second-order valence-corrected chi connectivity index (χ2v) is 8.06. The Bertz CT molecular complexity index is 783. The van der Waals surface area contributed by atoms with Gasteiger partial charge in [-0.3, -0.25) is 0 Å². The van der Waals surface area contributed by atoms with Gasteiger partial charge in [-0.1, -0.05) is 67.1 Å². The van der Waals surface area contributed by atoms with Gasteiger partial charge in [0.1, 0.15) is 0 Å². The van der Waals surface area contributed by atoms with E-state index in [1.54, 1.807) is 16.3 Å². The molecule has 0 aliphatic carbocycles. The number of halogens is 1. The van der Waals surface area contributed by atoms with Crippen LogP contribution in [0.4, 0.5) is 0 Å². The summed E-state index contributed by atoms with van der Waals surface area (Å²) in [4.78, 5) is 0.789. The van der Waals surface area contributed by atoms with Crippen molar-refractivity contribution in [1.82, 2.24) is 19.8 Å². The first kappa shape index (κ1) is 16.7. The van der Waals surface area contributed by atoms with E-state index in [1.807, 2.05) is 24.3 Å². The second-order valence-electron chi connectivity index (χ2n) is 5.45. The molecular weight excluding hydrogens is 350 g/mol. The van der Waals surface area contributed by atoms with Gasteiger partial charge in [0.25, 0.3) is 0 Å². The van der Waals surface area contributed by atoms with E-state index in [1.165, 1.54) is 16.9 Å². The summed E-state index contributed by atoms with van der Waals surface area (Å²) >= 11 is 9.12. The van der Waals surface area contributed by atoms with Crippen molar-refractivity contribution in [3.63, 3.8) is 0 Å². The lowest BCUT2D eigenvalue weighted by Crippen LogP contribution is -2.21. The van der Waals surface area contributed by atoms with Crippen molar-refractivity contribution in [2.45, 2.75) is 36.4 Å². The maximum Gasteiger partial charge on any atom is 0.235 e. The molecule has 0 saturated carbocycles. The molecule has 1 aromatic carbocycles. The Morgan fingerprint density at radius 1 is 1.30 bits per heavy atom. The quantitative estimate of drug-likeness (QED) is 0.662. The van der Waals surface area contributed by atoms with Crippen LogP contribution in [0, 0.1) is 5.92 Å². The highest BCUT2D eigenvalue weighted by atomic mass is 35.5. The van der Waals surface area contributed by atoms with Crippen LogP contribution in [0.1, 0.15) is 37.7 Å². The standard InChI is InChI=1S/C15H18ClN5S2/c1-3-9(2)12(17)13-18-19-14-21(13)20-15(23-14)22-8-10-4-6-11(16)7-5-10/h4-7,9,12H,3,8,17H2,1-2H3. The lowest BCUT2D eigenvalue weighted by atomic mass is 10.00. The third kappa shape index (κ3) is 3.68. The molecule has 0 aliphatic rings. The fourth-order valence-corrected chi connectivity index (χ4v) is 4.08. The van der Waals surface area contributed by atoms with Gasteiger partial charge in [-0.2, -0.15) is 4.52 Å². The third-order valence-electron chi connectivity index (χ3n) is 3.83. The van der Waals surface area contributed by atoms with Crippen LogP contribution in [0.25, 0.3) is 4.96 Å². The summed E-state index contributed by atoms with van der Waals surface area (Å²) in [5.74, 6) is 1.92. The number of aromatic nitrogens is 4. The smallest absolute Gasteiger partial charge is 0.235 e. The highest BCUT2D eigenvalue weighted by molar-refractivity contribution is 8.00. The molecule has 3 rings (SSSR count). The maximum absolute atomic E-state index is 6.27. The number of hydrogen-bond donors (Lipinski definition) is 1. The zero-order chi connectivity index (χ0) is 16.4. The van der Waals surface area contributed by atoms with Crippen molar-refractivity contribution in [1.29, 1.82) is 0 Å². The van der Waals surface area contributed by atoms with Crippen molar-refractivity contribution in [2.75, 3.05) is 0 Å². The lowest BCUT2D eigenvalue weighted by molar-refractivity contribution is 0.431. The van der Waals surface area contributed by atoms with E-state index in [4.69, 9.17) is 17.3 Å². The van der Waals surface area contributed by atoms with E-state index in [9.17, 15) is 0 Å². The van der Waals surface area contributed by atoms with Crippen LogP contribution in [0.5, 0.6) is 0 Å². The number of nitrogens with zero attached hydrogens (tertiary/aromatic N) is 4. The van der Waals surface area contributed by atoms with Crippen molar-refractivity contribution in [3.05, 3.63) is 40.7 Å². The summed E-state index contributed by atoms with van der Waals surface area (Å²) in [7, 11) is 0. The predicted octanol–water partition coefficient (Wildman–Crippen LogP) is 4.18. The van der Waals surface area contributed by atoms with Gasteiger partial charge in [0.15, 0.2) is 10.2 Å². The summed E-state index contributed by atoms with van der Waals surface area (Å²) in [6.07, 6.45) is 0.998. The van der Waals surface area contributed by atoms with Gasteiger partial charge in [0, 0.05) is 10.8 Å². The Morgan fingerprint density at radius 2 is 2.04 bits per heavy atom. The fraction of sp³-hybridized carbons (Fsp3) is 0.400. The summed E-state index contributed by atoms with van der Waals surface area (Å²) in [6, 6.07) is 7.71. The van der Waals surface area contributed by atoms with Crippen LogP contribution >= 0.6 is 34.7 Å². The summed E-state index contributed by atoms with van der Waals surface area (Å²) in [5, 5.41) is 13.8. The SMILES string of the molecule is CCC(C)C(N)c1nnc2sc(SCc3ccc(Cl)cc3)nn12. The molecule has 122 valence electrons. The van der Waals surface area contributed by atoms with Gasteiger partial charge in [-0.15, -0.1) is 15.3 Å². The van der Waals surface area contributed by atoms with E-state index in [0.29, 0.717) is 5.92 Å². The molecule has 2 aromatic heterocycles. The molecule has 2 heterocycles. The van der Waals surface area contributed by atoms with Crippen LogP contribution in [-0.4, -0.2) is 19.8 Å². The lowest BCUT2D eigenvalue weighted by Gasteiger charge is -2.15. The average Bonchev–Trinajstić information content (AvgIpc) is 3.13. The van der Waals surface area contributed by atoms with Crippen LogP contribution in [0.2, 0.25) is 5.02 Å². The van der Waals surface area contributed by atoms with E-state index in [-0.39, 0.29) is 6.04 Å². The van der Waals surface area contributed by atoms with Crippen LogP contribution < -0.4 is 5.73 Å². The molecule has 0 saturated heterocycles. The molecule has 8 heteroatoms. The van der Waals surface area contributed by atoms with Crippen molar-refractivity contribution in [2.24, 2.45) is 11.7 Å². The van der Waals surface area contributed by atoms with Crippen molar-refractivity contribution in [3.8, 4) is 0 Å². The molecule has 0 fully saturated rings. The summed E-state index contributed by atoms with van der Waals surface area (Å²) in [5.41, 5.74) is 7.48. The molecule has 0 amide bonds. The third-order valence-corrected chi connectivity index (χ3v) is 6.18. The number of fused-ring (bicyclic) bond motifs is 1. The second kappa shape index (κ2) is 7.17. The number of thioether (sulfide) groups is 1. The Labute approximate surface area is 148 Å². The van der Waals surface area contributed by atoms with Crippen molar-refractivity contribution >= 4 is 39.7 Å². The number of nitrogens with two attached hydrogens (primary N) is 1. The number of rotatable bonds is 6. The first-order valence-corrected chi connectivity index (χ1v) is 9.61. The zero-order valence-corrected chi connectivity index (χ0v) is 15.3. The van der Waals surface area contributed by atoms with E-state index < -0.39 is 0 Å². The molecule has 23 heavy (non-hydrogen) atoms. The Kier molecular flexibility index (Phi) is 5.21. The predicted molar refractivity (Wildman–Crippen MR) is 96.1 cm³/mol. The highest BCUT2D eigenvalue weighted by Crippen LogP contribution is 2.29. The molecule has 5 nitrogen and oxygen atoms in total. The van der Waals surface area contributed by atoms with Gasteiger partial charge in [-0.05, 0) is 23.6 Å². The van der Waals surface area contributed by atoms with Crippen molar-refractivity contribution < 1.29 is 0 Å². The summed E-state index contributed by atoms with van der Waals surface area (Å²) in [6.45, 7) is 4.24. The van der Waals surface area contributed by atoms with E-state index in [2.05, 4.69) is 29.1 Å². The maximum atomic E-state index is 6.27. The Hall–Kier alpha value is -1.15. The molecule has 2 atom stereocenters. The fourth-order valence-electron chi connectivity index (χ4n) is 2.11. The molecule has 2 N–H and O–H groups in total. The monoisotopic (exact) mass is 367 g/mol. The normalized spacial score (nSPS) is 14.3. The summed E-state index contributed by atoms with van der Waals surface area (Å²) < 4.78 is 2.74. The average molecular weight is 368 g/mol. The molecule has 2 unspecified atom stereocenters. The van der Waals surface area contributed by atoms with Gasteiger partial charge in [0.05, 0.1) is 6.04 Å². The van der Waals surface area contributed by atoms with Crippen LogP contribution in [-0.2, 0) is 5.75 Å². The Morgan fingerprint density at radius 3 is 2.74 bits per heavy atom. The Balaban J connectivity index is 1.75. The first-order valence-electron chi connectivity index (χ1n) is 7.43. The number of benzene rings is 1. The zero-order valence-electron chi connectivity index (χ0n) is 12.9. The molecule has 0 radical (unpaired) electrons. The van der Waals surface area contributed by atoms with Gasteiger partial charge >= 0.3 is 0 Å². The highest BCUT2D eigenvalue weighted by Gasteiger charge is 2.21. The molecule has 0 bridgehead atoms. The van der Waals surface area contributed by atoms with E-state index >= 15 is 0 Å². The molecule has 3 aromatic rings. The topological polar surface area (TPSA) is 69.1 Å². The molecule has 0 spiro atoms. The van der Waals surface area contributed by atoms with Crippen LogP contribution in [0.3, 0.4) is 0 Å². The minimum absolute atomic E-state index is 0.147. The molecule has 0 aliphatic heterocycles. The van der Waals surface area contributed by atoms with Gasteiger partial charge in [-0.25, -0.2) is 0 Å². The first-order chi connectivity index (χ1) is 11.1. The minimum Gasteiger partial charge on any atom is -0.321 e. The van der Waals surface area contributed by atoms with Gasteiger partial charge < -0.3 is 5.73 Å². The number of hydrogen-bond acceptors (Lipinski definition) is 6. The molecular formula is C15H18ClN5S2.